The molecule has 2 heteroatoms. The molecule has 0 atom stereocenters. The summed E-state index contributed by atoms with van der Waals surface area (Å²) in [6, 6.07) is 0. The summed E-state index contributed by atoms with van der Waals surface area (Å²) in [5, 5.41) is 0. The Morgan fingerprint density at radius 3 is 2.30 bits per heavy atom. The van der Waals surface area contributed by atoms with Crippen LogP contribution in [0, 0.1) is 5.41 Å². The van der Waals surface area contributed by atoms with Crippen LogP contribution < -0.4 is 0 Å². The van der Waals surface area contributed by atoms with Crippen LogP contribution in [0.2, 0.25) is 0 Å². The normalized spacial score (nSPS) is 12.0. The molecule has 0 amide bonds. The molecule has 0 N–H and O–H groups in total. The minimum absolute atomic E-state index is 0.432. The van der Waals surface area contributed by atoms with Crippen molar-refractivity contribution in [2.24, 2.45) is 5.41 Å². The van der Waals surface area contributed by atoms with Gasteiger partial charge in [0.05, 0.1) is 5.94 Å². The van der Waals surface area contributed by atoms with Gasteiger partial charge in [-0.05, 0) is 12.3 Å². The van der Waals surface area contributed by atoms with E-state index in [4.69, 9.17) is 4.74 Å². The summed E-state index contributed by atoms with van der Waals surface area (Å²) >= 11 is 1.86. The average Bonchev–Trinajstić information content (AvgIpc) is 1.78. The Kier molecular flexibility index (Phi) is 5.18. The maximum atomic E-state index is 5.19. The molecule has 0 bridgehead atoms. The first-order chi connectivity index (χ1) is 4.56. The summed E-state index contributed by atoms with van der Waals surface area (Å²) in [7, 11) is 0. The lowest BCUT2D eigenvalue weighted by Gasteiger charge is -2.16. The van der Waals surface area contributed by atoms with Gasteiger partial charge in [-0.15, -0.1) is 11.8 Å². The summed E-state index contributed by atoms with van der Waals surface area (Å²) in [6.45, 7) is 9.58. The SMILES string of the molecule is CCOCSCC(C)(C)C. The van der Waals surface area contributed by atoms with E-state index >= 15 is 0 Å². The van der Waals surface area contributed by atoms with Crippen LogP contribution in [0.5, 0.6) is 0 Å². The summed E-state index contributed by atoms with van der Waals surface area (Å²) in [5.74, 6) is 2.01. The molecule has 0 saturated carbocycles. The van der Waals surface area contributed by atoms with Gasteiger partial charge in [-0.3, -0.25) is 0 Å². The molecular formula is C8H18OS. The molecule has 1 nitrogen and oxygen atoms in total. The van der Waals surface area contributed by atoms with Crippen LogP contribution in [-0.2, 0) is 4.74 Å². The zero-order chi connectivity index (χ0) is 8.04. The van der Waals surface area contributed by atoms with Crippen molar-refractivity contribution >= 4 is 11.8 Å². The molecule has 0 unspecified atom stereocenters. The highest BCUT2D eigenvalue weighted by Crippen LogP contribution is 2.19. The van der Waals surface area contributed by atoms with Crippen LogP contribution in [0.15, 0.2) is 0 Å². The monoisotopic (exact) mass is 162 g/mol. The van der Waals surface area contributed by atoms with Gasteiger partial charge < -0.3 is 4.74 Å². The minimum atomic E-state index is 0.432. The second kappa shape index (κ2) is 5.03. The van der Waals surface area contributed by atoms with Gasteiger partial charge in [0.15, 0.2) is 0 Å². The Labute approximate surface area is 68.5 Å². The van der Waals surface area contributed by atoms with Crippen molar-refractivity contribution in [3.63, 3.8) is 0 Å². The van der Waals surface area contributed by atoms with Crippen molar-refractivity contribution < 1.29 is 4.74 Å². The van der Waals surface area contributed by atoms with Crippen LogP contribution in [0.4, 0.5) is 0 Å². The van der Waals surface area contributed by atoms with E-state index in [1.54, 1.807) is 0 Å². The van der Waals surface area contributed by atoms with Gasteiger partial charge in [-0.1, -0.05) is 20.8 Å². The van der Waals surface area contributed by atoms with E-state index in [1.165, 1.54) is 5.75 Å². The van der Waals surface area contributed by atoms with Gasteiger partial charge in [0.25, 0.3) is 0 Å². The molecule has 62 valence electrons. The fourth-order valence-corrected chi connectivity index (χ4v) is 1.47. The lowest BCUT2D eigenvalue weighted by Crippen LogP contribution is -2.09. The number of hydrogen-bond acceptors (Lipinski definition) is 2. The van der Waals surface area contributed by atoms with Gasteiger partial charge in [0.2, 0.25) is 0 Å². The van der Waals surface area contributed by atoms with Crippen molar-refractivity contribution in [3.8, 4) is 0 Å². The number of ether oxygens (including phenoxy) is 1. The molecule has 0 aromatic carbocycles. The smallest absolute Gasteiger partial charge is 0.0920 e. The standard InChI is InChI=1S/C8H18OS/c1-5-9-7-10-6-8(2,3)4/h5-7H2,1-4H3. The highest BCUT2D eigenvalue weighted by molar-refractivity contribution is 7.99. The number of hydrogen-bond donors (Lipinski definition) is 0. The average molecular weight is 162 g/mol. The maximum absolute atomic E-state index is 5.19. The van der Waals surface area contributed by atoms with Gasteiger partial charge >= 0.3 is 0 Å². The van der Waals surface area contributed by atoms with Gasteiger partial charge in [0, 0.05) is 12.4 Å². The third kappa shape index (κ3) is 8.31. The van der Waals surface area contributed by atoms with Crippen molar-refractivity contribution in [1.29, 1.82) is 0 Å². The predicted octanol–water partition coefficient (Wildman–Crippen LogP) is 2.76. The van der Waals surface area contributed by atoms with E-state index in [0.717, 1.165) is 12.5 Å². The highest BCUT2D eigenvalue weighted by atomic mass is 32.2. The third-order valence-electron chi connectivity index (χ3n) is 0.906. The van der Waals surface area contributed by atoms with E-state index in [9.17, 15) is 0 Å². The molecular weight excluding hydrogens is 144 g/mol. The highest BCUT2D eigenvalue weighted by Gasteiger charge is 2.08. The molecule has 0 aromatic rings. The molecule has 10 heavy (non-hydrogen) atoms. The Bertz CT molecular complexity index is 75.8. The zero-order valence-corrected chi connectivity index (χ0v) is 8.25. The summed E-state index contributed by atoms with van der Waals surface area (Å²) in [4.78, 5) is 0. The van der Waals surface area contributed by atoms with E-state index < -0.39 is 0 Å². The van der Waals surface area contributed by atoms with Crippen LogP contribution in [-0.4, -0.2) is 18.3 Å². The summed E-state index contributed by atoms with van der Waals surface area (Å²) < 4.78 is 5.19. The molecule has 0 rings (SSSR count). The fourth-order valence-electron chi connectivity index (χ4n) is 0.490. The fraction of sp³-hybridized carbons (Fsp3) is 1.00. The van der Waals surface area contributed by atoms with E-state index in [2.05, 4.69) is 20.8 Å². The molecule has 0 aliphatic carbocycles. The lowest BCUT2D eigenvalue weighted by atomic mass is 10.0. The first kappa shape index (κ1) is 10.3. The van der Waals surface area contributed by atoms with Crippen LogP contribution in [0.3, 0.4) is 0 Å². The van der Waals surface area contributed by atoms with Gasteiger partial charge in [0.1, 0.15) is 0 Å². The van der Waals surface area contributed by atoms with Gasteiger partial charge in [-0.2, -0.15) is 0 Å². The van der Waals surface area contributed by atoms with E-state index in [0.29, 0.717) is 5.41 Å². The molecule has 0 fully saturated rings. The Hall–Kier alpha value is 0.310. The second-order valence-electron chi connectivity index (χ2n) is 3.52. The first-order valence-corrected chi connectivity index (χ1v) is 4.87. The molecule has 0 spiro atoms. The zero-order valence-electron chi connectivity index (χ0n) is 7.44. The Morgan fingerprint density at radius 1 is 1.30 bits per heavy atom. The summed E-state index contributed by atoms with van der Waals surface area (Å²) in [5.41, 5.74) is 0.432. The molecule has 0 aliphatic heterocycles. The topological polar surface area (TPSA) is 9.23 Å². The third-order valence-corrected chi connectivity index (χ3v) is 2.31. The molecule has 0 radical (unpaired) electrons. The van der Waals surface area contributed by atoms with Crippen LogP contribution in [0.25, 0.3) is 0 Å². The van der Waals surface area contributed by atoms with E-state index in [1.807, 2.05) is 18.7 Å². The summed E-state index contributed by atoms with van der Waals surface area (Å²) in [6.07, 6.45) is 0. The lowest BCUT2D eigenvalue weighted by molar-refractivity contribution is 0.198. The van der Waals surface area contributed by atoms with Crippen LogP contribution in [0.1, 0.15) is 27.7 Å². The second-order valence-corrected chi connectivity index (χ2v) is 4.45. The molecule has 0 heterocycles. The molecule has 0 aromatic heterocycles. The maximum Gasteiger partial charge on any atom is 0.0920 e. The van der Waals surface area contributed by atoms with Crippen molar-refractivity contribution in [2.75, 3.05) is 18.3 Å². The van der Waals surface area contributed by atoms with Crippen molar-refractivity contribution in [2.45, 2.75) is 27.7 Å². The number of rotatable bonds is 4. The Balaban J connectivity index is 3.04. The molecule has 0 saturated heterocycles. The van der Waals surface area contributed by atoms with Crippen molar-refractivity contribution in [3.05, 3.63) is 0 Å². The Morgan fingerprint density at radius 2 is 1.90 bits per heavy atom. The first-order valence-electron chi connectivity index (χ1n) is 3.72. The number of thioether (sulfide) groups is 1. The largest absolute Gasteiger partial charge is 0.371 e. The molecule has 0 aliphatic rings. The van der Waals surface area contributed by atoms with Gasteiger partial charge in [-0.25, -0.2) is 0 Å². The van der Waals surface area contributed by atoms with Crippen molar-refractivity contribution in [1.82, 2.24) is 0 Å². The minimum Gasteiger partial charge on any atom is -0.371 e. The predicted molar refractivity (Wildman–Crippen MR) is 48.4 cm³/mol. The van der Waals surface area contributed by atoms with E-state index in [-0.39, 0.29) is 0 Å². The van der Waals surface area contributed by atoms with Crippen LogP contribution >= 0.6 is 11.8 Å². The quantitative estimate of drug-likeness (QED) is 0.464.